The lowest BCUT2D eigenvalue weighted by Crippen LogP contribution is -2.30. The number of hydrogen-bond donors (Lipinski definition) is 3. The minimum Gasteiger partial charge on any atom is -0.508 e. The number of rotatable bonds is 10. The Labute approximate surface area is 198 Å². The van der Waals surface area contributed by atoms with Crippen molar-refractivity contribution in [3.63, 3.8) is 0 Å². The fourth-order valence-electron chi connectivity index (χ4n) is 3.48. The van der Waals surface area contributed by atoms with Crippen LogP contribution in [0.2, 0.25) is 0 Å². The molecule has 0 saturated heterocycles. The number of esters is 1. The molecule has 2 N–H and O–H groups in total. The highest BCUT2D eigenvalue weighted by Gasteiger charge is 2.28. The molecule has 0 aliphatic carbocycles. The lowest BCUT2D eigenvalue weighted by atomic mass is 10.0. The lowest BCUT2D eigenvalue weighted by molar-refractivity contribution is -0.142. The standard InChI is InChI=1S/C25H27NO6S/c1-2-30-22(14-15-31-23(28)16-33)24(18-10-12-19(27)13-11-18)32-25(29)26-21-9-5-7-17-6-3-4-8-20(17)21/h3-13,22,24,27,33H,2,14-16H2,1H3,(H,26,29)/t22-,24-/m1/s1. The Hall–Kier alpha value is -3.23. The van der Waals surface area contributed by atoms with Crippen molar-refractivity contribution in [3.8, 4) is 5.75 Å². The highest BCUT2D eigenvalue weighted by molar-refractivity contribution is 7.81. The Morgan fingerprint density at radius 1 is 1.03 bits per heavy atom. The highest BCUT2D eigenvalue weighted by atomic mass is 32.1. The zero-order valence-corrected chi connectivity index (χ0v) is 19.2. The second kappa shape index (κ2) is 12.1. The van der Waals surface area contributed by atoms with Gasteiger partial charge in [-0.1, -0.05) is 48.5 Å². The predicted molar refractivity (Wildman–Crippen MR) is 130 cm³/mol. The normalized spacial score (nSPS) is 12.7. The molecule has 0 bridgehead atoms. The maximum absolute atomic E-state index is 12.9. The van der Waals surface area contributed by atoms with Crippen LogP contribution in [-0.2, 0) is 19.0 Å². The fourth-order valence-corrected chi connectivity index (χ4v) is 3.57. The number of phenols is 1. The van der Waals surface area contributed by atoms with Gasteiger partial charge in [-0.3, -0.25) is 10.1 Å². The molecule has 0 saturated carbocycles. The Kier molecular flexibility index (Phi) is 8.97. The molecule has 0 spiro atoms. The van der Waals surface area contributed by atoms with Gasteiger partial charge in [0.25, 0.3) is 0 Å². The van der Waals surface area contributed by atoms with E-state index in [0.29, 0.717) is 24.3 Å². The Morgan fingerprint density at radius 3 is 2.48 bits per heavy atom. The van der Waals surface area contributed by atoms with Crippen molar-refractivity contribution in [2.75, 3.05) is 24.3 Å². The van der Waals surface area contributed by atoms with Gasteiger partial charge in [0.1, 0.15) is 11.9 Å². The van der Waals surface area contributed by atoms with E-state index in [1.807, 2.05) is 43.3 Å². The average Bonchev–Trinajstić information content (AvgIpc) is 2.83. The summed E-state index contributed by atoms with van der Waals surface area (Å²) in [6.07, 6.45) is -1.72. The molecule has 3 rings (SSSR count). The summed E-state index contributed by atoms with van der Waals surface area (Å²) in [5.74, 6) is -0.372. The summed E-state index contributed by atoms with van der Waals surface area (Å²) < 4.78 is 16.8. The molecule has 2 atom stereocenters. The molecule has 0 aromatic heterocycles. The minimum absolute atomic E-state index is 0.0232. The van der Waals surface area contributed by atoms with Crippen LogP contribution in [0.25, 0.3) is 10.8 Å². The summed E-state index contributed by atoms with van der Waals surface area (Å²) in [7, 11) is 0. The maximum Gasteiger partial charge on any atom is 0.412 e. The van der Waals surface area contributed by atoms with E-state index in [-0.39, 0.29) is 18.1 Å². The van der Waals surface area contributed by atoms with Crippen molar-refractivity contribution in [3.05, 3.63) is 72.3 Å². The van der Waals surface area contributed by atoms with Gasteiger partial charge >= 0.3 is 12.1 Å². The summed E-state index contributed by atoms with van der Waals surface area (Å²) in [5, 5.41) is 14.4. The molecule has 1 amide bonds. The molecule has 0 aliphatic heterocycles. The van der Waals surface area contributed by atoms with Crippen molar-refractivity contribution in [2.45, 2.75) is 25.6 Å². The molecule has 7 nitrogen and oxygen atoms in total. The van der Waals surface area contributed by atoms with Crippen LogP contribution in [0, 0.1) is 0 Å². The first-order valence-electron chi connectivity index (χ1n) is 10.6. The number of thiol groups is 1. The number of phenolic OH excluding ortho intramolecular Hbond substituents is 1. The van der Waals surface area contributed by atoms with Crippen molar-refractivity contribution < 1.29 is 28.9 Å². The first kappa shape index (κ1) is 24.4. The molecule has 0 heterocycles. The second-order valence-corrected chi connectivity index (χ2v) is 7.55. The Bertz CT molecular complexity index is 1070. The van der Waals surface area contributed by atoms with E-state index >= 15 is 0 Å². The molecule has 0 radical (unpaired) electrons. The number of ether oxygens (including phenoxy) is 3. The van der Waals surface area contributed by atoms with Crippen LogP contribution < -0.4 is 5.32 Å². The summed E-state index contributed by atoms with van der Waals surface area (Å²) >= 11 is 3.90. The number of aromatic hydroxyl groups is 1. The van der Waals surface area contributed by atoms with Gasteiger partial charge < -0.3 is 19.3 Å². The number of hydrogen-bond acceptors (Lipinski definition) is 7. The van der Waals surface area contributed by atoms with E-state index < -0.39 is 24.3 Å². The molecule has 0 unspecified atom stereocenters. The largest absolute Gasteiger partial charge is 0.508 e. The quantitative estimate of drug-likeness (QED) is 0.282. The van der Waals surface area contributed by atoms with Gasteiger partial charge in [-0.05, 0) is 36.1 Å². The van der Waals surface area contributed by atoms with Crippen LogP contribution in [-0.4, -0.2) is 42.2 Å². The topological polar surface area (TPSA) is 94.1 Å². The van der Waals surface area contributed by atoms with E-state index in [1.54, 1.807) is 18.2 Å². The summed E-state index contributed by atoms with van der Waals surface area (Å²) in [5.41, 5.74) is 1.26. The van der Waals surface area contributed by atoms with Crippen LogP contribution in [0.5, 0.6) is 5.75 Å². The smallest absolute Gasteiger partial charge is 0.412 e. The van der Waals surface area contributed by atoms with Gasteiger partial charge in [-0.2, -0.15) is 12.6 Å². The fraction of sp³-hybridized carbons (Fsp3) is 0.280. The lowest BCUT2D eigenvalue weighted by Gasteiger charge is -2.27. The first-order chi connectivity index (χ1) is 16.0. The monoisotopic (exact) mass is 469 g/mol. The van der Waals surface area contributed by atoms with Gasteiger partial charge in [-0.15, -0.1) is 0 Å². The molecule has 8 heteroatoms. The Morgan fingerprint density at radius 2 is 1.76 bits per heavy atom. The minimum atomic E-state index is -0.796. The zero-order valence-electron chi connectivity index (χ0n) is 18.3. The predicted octanol–water partition coefficient (Wildman–Crippen LogP) is 5.10. The van der Waals surface area contributed by atoms with E-state index in [1.165, 1.54) is 12.1 Å². The van der Waals surface area contributed by atoms with Gasteiger partial charge in [0.05, 0.1) is 18.0 Å². The molecule has 3 aromatic rings. The number of fused-ring (bicyclic) bond motifs is 1. The van der Waals surface area contributed by atoms with Crippen molar-refractivity contribution >= 4 is 41.2 Å². The SMILES string of the molecule is CCO[C@H](CCOC(=O)CS)[C@H](OC(=O)Nc1cccc2ccccc12)c1ccc(O)cc1. The number of carbonyl (C=O) groups is 2. The first-order valence-corrected chi connectivity index (χ1v) is 11.3. The van der Waals surface area contributed by atoms with Crippen LogP contribution in [0.3, 0.4) is 0 Å². The van der Waals surface area contributed by atoms with Gasteiger partial charge in [-0.25, -0.2) is 4.79 Å². The van der Waals surface area contributed by atoms with Gasteiger partial charge in [0, 0.05) is 18.4 Å². The van der Waals surface area contributed by atoms with Crippen molar-refractivity contribution in [1.82, 2.24) is 0 Å². The van der Waals surface area contributed by atoms with Crippen LogP contribution in [0.1, 0.15) is 25.0 Å². The van der Waals surface area contributed by atoms with E-state index in [9.17, 15) is 14.7 Å². The van der Waals surface area contributed by atoms with Crippen LogP contribution >= 0.6 is 12.6 Å². The molecular weight excluding hydrogens is 442 g/mol. The molecule has 0 aliphatic rings. The second-order valence-electron chi connectivity index (χ2n) is 7.23. The highest BCUT2D eigenvalue weighted by Crippen LogP contribution is 2.29. The molecule has 33 heavy (non-hydrogen) atoms. The zero-order chi connectivity index (χ0) is 23.6. The van der Waals surface area contributed by atoms with E-state index in [2.05, 4.69) is 17.9 Å². The molecule has 0 fully saturated rings. The van der Waals surface area contributed by atoms with E-state index in [0.717, 1.165) is 10.8 Å². The number of nitrogens with one attached hydrogen (secondary N) is 1. The number of amides is 1. The van der Waals surface area contributed by atoms with Crippen LogP contribution in [0.4, 0.5) is 10.5 Å². The van der Waals surface area contributed by atoms with Gasteiger partial charge in [0.2, 0.25) is 0 Å². The average molecular weight is 470 g/mol. The number of anilines is 1. The maximum atomic E-state index is 12.9. The molecule has 174 valence electrons. The van der Waals surface area contributed by atoms with Crippen molar-refractivity contribution in [1.29, 1.82) is 0 Å². The number of benzene rings is 3. The summed E-state index contributed by atoms with van der Waals surface area (Å²) in [6, 6.07) is 19.7. The molecule has 3 aromatic carbocycles. The summed E-state index contributed by atoms with van der Waals surface area (Å²) in [6.45, 7) is 2.29. The van der Waals surface area contributed by atoms with Crippen molar-refractivity contribution in [2.24, 2.45) is 0 Å². The third-order valence-electron chi connectivity index (χ3n) is 4.99. The third-order valence-corrected chi connectivity index (χ3v) is 5.25. The third kappa shape index (κ3) is 6.87. The van der Waals surface area contributed by atoms with E-state index in [4.69, 9.17) is 14.2 Å². The molecular formula is C25H27NO6S. The Balaban J connectivity index is 1.81. The van der Waals surface area contributed by atoms with Crippen LogP contribution in [0.15, 0.2) is 66.7 Å². The summed E-state index contributed by atoms with van der Waals surface area (Å²) in [4.78, 5) is 24.4. The number of carbonyl (C=O) groups excluding carboxylic acids is 2. The van der Waals surface area contributed by atoms with Gasteiger partial charge in [0.15, 0.2) is 6.10 Å².